The van der Waals surface area contributed by atoms with Crippen LogP contribution in [-0.4, -0.2) is 51.7 Å². The molecule has 2 amide bonds. The Labute approximate surface area is 169 Å². The van der Waals surface area contributed by atoms with Crippen molar-refractivity contribution in [2.75, 3.05) is 19.6 Å². The normalized spacial score (nSPS) is 15.0. The maximum absolute atomic E-state index is 12.8. The highest BCUT2D eigenvalue weighted by molar-refractivity contribution is 6.05. The smallest absolute Gasteiger partial charge is 0.410 e. The number of ether oxygens (including phenoxy) is 1. The molecule has 1 aliphatic heterocycles. The SMILES string of the molecule is C/C=C/Cn1cc(C(=O)NCC2CN(C(=O)OC(C)(C)C)C2)c2cc[nH]c2c1=O. The van der Waals surface area contributed by atoms with E-state index in [2.05, 4.69) is 10.3 Å². The predicted octanol–water partition coefficient (Wildman–Crippen LogP) is 2.50. The number of nitrogens with one attached hydrogen (secondary N) is 2. The van der Waals surface area contributed by atoms with Crippen LogP contribution in [0.25, 0.3) is 10.9 Å². The number of hydrogen-bond donors (Lipinski definition) is 2. The molecule has 1 aliphatic rings. The zero-order valence-electron chi connectivity index (χ0n) is 17.3. The summed E-state index contributed by atoms with van der Waals surface area (Å²) in [6, 6.07) is 1.74. The van der Waals surface area contributed by atoms with E-state index in [1.54, 1.807) is 23.4 Å². The summed E-state index contributed by atoms with van der Waals surface area (Å²) < 4.78 is 6.85. The lowest BCUT2D eigenvalue weighted by atomic mass is 10.0. The molecule has 1 fully saturated rings. The predicted molar refractivity (Wildman–Crippen MR) is 111 cm³/mol. The molecule has 3 rings (SSSR count). The molecule has 8 heteroatoms. The van der Waals surface area contributed by atoms with Gasteiger partial charge < -0.3 is 24.5 Å². The van der Waals surface area contributed by atoms with E-state index in [1.165, 1.54) is 4.57 Å². The fraction of sp³-hybridized carbons (Fsp3) is 0.476. The lowest BCUT2D eigenvalue weighted by Crippen LogP contribution is -2.54. The van der Waals surface area contributed by atoms with E-state index in [1.807, 2.05) is 39.8 Å². The Morgan fingerprint density at radius 2 is 2.07 bits per heavy atom. The van der Waals surface area contributed by atoms with E-state index in [4.69, 9.17) is 4.74 Å². The van der Waals surface area contributed by atoms with E-state index in [0.29, 0.717) is 42.6 Å². The van der Waals surface area contributed by atoms with Gasteiger partial charge in [0.2, 0.25) is 0 Å². The van der Waals surface area contributed by atoms with Gasteiger partial charge in [-0.05, 0) is 33.8 Å². The number of allylic oxidation sites excluding steroid dienone is 2. The highest BCUT2D eigenvalue weighted by Gasteiger charge is 2.33. The number of aromatic amines is 1. The van der Waals surface area contributed by atoms with E-state index >= 15 is 0 Å². The summed E-state index contributed by atoms with van der Waals surface area (Å²) in [6.45, 7) is 9.34. The van der Waals surface area contributed by atoms with Gasteiger partial charge in [-0.2, -0.15) is 0 Å². The molecule has 0 bridgehead atoms. The van der Waals surface area contributed by atoms with Crippen LogP contribution in [0.4, 0.5) is 4.79 Å². The molecule has 156 valence electrons. The van der Waals surface area contributed by atoms with Gasteiger partial charge >= 0.3 is 6.09 Å². The van der Waals surface area contributed by atoms with Crippen molar-refractivity contribution >= 4 is 22.9 Å². The molecule has 29 heavy (non-hydrogen) atoms. The second kappa shape index (κ2) is 8.14. The van der Waals surface area contributed by atoms with Crippen LogP contribution in [0.5, 0.6) is 0 Å². The molecule has 0 atom stereocenters. The van der Waals surface area contributed by atoms with Gasteiger partial charge in [-0.25, -0.2) is 4.79 Å². The summed E-state index contributed by atoms with van der Waals surface area (Å²) in [5.74, 6) is -0.0540. The van der Waals surface area contributed by atoms with Crippen LogP contribution in [0.1, 0.15) is 38.1 Å². The van der Waals surface area contributed by atoms with E-state index < -0.39 is 5.60 Å². The Morgan fingerprint density at radius 3 is 2.72 bits per heavy atom. The quantitative estimate of drug-likeness (QED) is 0.754. The number of pyridine rings is 1. The number of carbonyl (C=O) groups excluding carboxylic acids is 2. The van der Waals surface area contributed by atoms with Gasteiger partial charge in [0.15, 0.2) is 0 Å². The van der Waals surface area contributed by atoms with Gasteiger partial charge in [-0.15, -0.1) is 0 Å². The van der Waals surface area contributed by atoms with Crippen LogP contribution in [0.15, 0.2) is 35.4 Å². The number of hydrogen-bond acceptors (Lipinski definition) is 4. The fourth-order valence-electron chi connectivity index (χ4n) is 3.24. The first-order chi connectivity index (χ1) is 13.7. The van der Waals surface area contributed by atoms with Gasteiger partial charge in [0.05, 0.1) is 5.56 Å². The number of fused-ring (bicyclic) bond motifs is 1. The minimum absolute atomic E-state index is 0.161. The Balaban J connectivity index is 1.63. The van der Waals surface area contributed by atoms with Crippen molar-refractivity contribution in [3.8, 4) is 0 Å². The zero-order chi connectivity index (χ0) is 21.2. The number of H-pyrrole nitrogens is 1. The average molecular weight is 400 g/mol. The fourth-order valence-corrected chi connectivity index (χ4v) is 3.24. The summed E-state index contributed by atoms with van der Waals surface area (Å²) in [7, 11) is 0. The number of amides is 2. The van der Waals surface area contributed by atoms with Crippen molar-refractivity contribution < 1.29 is 14.3 Å². The number of nitrogens with zero attached hydrogens (tertiary/aromatic N) is 2. The number of rotatable bonds is 5. The molecule has 3 heterocycles. The zero-order valence-corrected chi connectivity index (χ0v) is 17.3. The molecule has 0 aliphatic carbocycles. The minimum Gasteiger partial charge on any atom is -0.444 e. The van der Waals surface area contributed by atoms with Crippen molar-refractivity contribution in [3.05, 3.63) is 46.5 Å². The maximum atomic E-state index is 12.8. The van der Waals surface area contributed by atoms with E-state index in [0.717, 1.165) is 0 Å². The molecule has 2 aromatic rings. The van der Waals surface area contributed by atoms with Gasteiger partial charge in [0.1, 0.15) is 11.1 Å². The molecule has 2 N–H and O–H groups in total. The van der Waals surface area contributed by atoms with Crippen LogP contribution in [-0.2, 0) is 11.3 Å². The molecular formula is C21H28N4O4. The molecule has 2 aromatic heterocycles. The minimum atomic E-state index is -0.519. The van der Waals surface area contributed by atoms with Crippen LogP contribution >= 0.6 is 0 Å². The van der Waals surface area contributed by atoms with Crippen LogP contribution < -0.4 is 10.9 Å². The third kappa shape index (κ3) is 4.70. The van der Waals surface area contributed by atoms with Crippen molar-refractivity contribution in [3.63, 3.8) is 0 Å². The third-order valence-electron chi connectivity index (χ3n) is 4.74. The third-order valence-corrected chi connectivity index (χ3v) is 4.74. The van der Waals surface area contributed by atoms with Gasteiger partial charge in [-0.3, -0.25) is 9.59 Å². The highest BCUT2D eigenvalue weighted by atomic mass is 16.6. The molecule has 0 aromatic carbocycles. The maximum Gasteiger partial charge on any atom is 0.410 e. The van der Waals surface area contributed by atoms with Crippen LogP contribution in [0.2, 0.25) is 0 Å². The Hall–Kier alpha value is -3.03. The van der Waals surface area contributed by atoms with E-state index in [9.17, 15) is 14.4 Å². The van der Waals surface area contributed by atoms with Gasteiger partial charge in [-0.1, -0.05) is 12.2 Å². The second-order valence-corrected chi connectivity index (χ2v) is 8.30. The van der Waals surface area contributed by atoms with Gasteiger partial charge in [0.25, 0.3) is 11.5 Å². The molecule has 0 saturated carbocycles. The number of carbonyl (C=O) groups is 2. The monoisotopic (exact) mass is 400 g/mol. The lowest BCUT2D eigenvalue weighted by Gasteiger charge is -2.39. The summed E-state index contributed by atoms with van der Waals surface area (Å²) in [5, 5.41) is 3.53. The van der Waals surface area contributed by atoms with Crippen LogP contribution in [0, 0.1) is 5.92 Å². The first kappa shape index (κ1) is 20.7. The largest absolute Gasteiger partial charge is 0.444 e. The number of aromatic nitrogens is 2. The summed E-state index contributed by atoms with van der Waals surface area (Å²) in [4.78, 5) is 41.8. The first-order valence-corrected chi connectivity index (χ1v) is 9.77. The molecule has 8 nitrogen and oxygen atoms in total. The van der Waals surface area contributed by atoms with E-state index in [-0.39, 0.29) is 23.5 Å². The molecular weight excluding hydrogens is 372 g/mol. The summed E-state index contributed by atoms with van der Waals surface area (Å²) in [6.07, 6.45) is 6.65. The first-order valence-electron chi connectivity index (χ1n) is 9.77. The lowest BCUT2D eigenvalue weighted by molar-refractivity contribution is -0.000531. The highest BCUT2D eigenvalue weighted by Crippen LogP contribution is 2.20. The molecule has 1 saturated heterocycles. The topological polar surface area (TPSA) is 96.4 Å². The van der Waals surface area contributed by atoms with Crippen LogP contribution in [0.3, 0.4) is 0 Å². The summed E-state index contributed by atoms with van der Waals surface area (Å²) in [5.41, 5.74) is 0.191. The Bertz CT molecular complexity index is 990. The van der Waals surface area contributed by atoms with Crippen molar-refractivity contribution in [2.45, 2.75) is 39.8 Å². The summed E-state index contributed by atoms with van der Waals surface area (Å²) >= 11 is 0. The molecule has 0 unspecified atom stereocenters. The number of likely N-dealkylation sites (tertiary alicyclic amines) is 1. The Kier molecular flexibility index (Phi) is 5.81. The Morgan fingerprint density at radius 1 is 1.34 bits per heavy atom. The molecule has 0 radical (unpaired) electrons. The second-order valence-electron chi connectivity index (χ2n) is 8.30. The molecule has 0 spiro atoms. The van der Waals surface area contributed by atoms with Crippen molar-refractivity contribution in [1.82, 2.24) is 19.8 Å². The average Bonchev–Trinajstić information content (AvgIpc) is 3.08. The van der Waals surface area contributed by atoms with Crippen molar-refractivity contribution in [2.24, 2.45) is 5.92 Å². The van der Waals surface area contributed by atoms with Gasteiger partial charge in [0, 0.05) is 49.9 Å². The standard InChI is InChI=1S/C21H28N4O4/c1-5-6-9-24-13-16(15-7-8-22-17(15)19(24)27)18(26)23-10-14-11-25(12-14)20(28)29-21(2,3)4/h5-8,13-14,22H,9-12H2,1-4H3,(H,23,26)/b6-5+. The van der Waals surface area contributed by atoms with Crippen molar-refractivity contribution in [1.29, 1.82) is 0 Å².